The zero-order valence-corrected chi connectivity index (χ0v) is 7.82. The van der Waals surface area contributed by atoms with Crippen molar-refractivity contribution in [2.75, 3.05) is 0 Å². The van der Waals surface area contributed by atoms with Gasteiger partial charge in [-0.3, -0.25) is 0 Å². The molecule has 1 aromatic carbocycles. The molecule has 0 bridgehead atoms. The van der Waals surface area contributed by atoms with Gasteiger partial charge in [-0.1, -0.05) is 12.1 Å². The predicted octanol–water partition coefficient (Wildman–Crippen LogP) is 2.35. The number of hydrogen-bond acceptors (Lipinski definition) is 2. The topological polar surface area (TPSA) is 25.8 Å². The molecule has 1 aromatic heterocycles. The van der Waals surface area contributed by atoms with Crippen molar-refractivity contribution in [3.8, 4) is 0 Å². The van der Waals surface area contributed by atoms with Crippen molar-refractivity contribution >= 4 is 0 Å². The Kier molecular flexibility index (Phi) is 2.67. The van der Waals surface area contributed by atoms with E-state index in [4.69, 9.17) is 0 Å². The molecule has 2 nitrogen and oxygen atoms in total. The number of nitrogens with zero attached hydrogens (tertiary/aromatic N) is 2. The first-order valence-corrected chi connectivity index (χ1v) is 4.46. The molecule has 0 saturated heterocycles. The SMILES string of the molecule is Fc1ccc(Cc2nccc(F)n2)cc1. The zero-order valence-electron chi connectivity index (χ0n) is 7.82. The summed E-state index contributed by atoms with van der Waals surface area (Å²) in [5.74, 6) is -0.456. The Bertz CT molecular complexity index is 454. The van der Waals surface area contributed by atoms with Gasteiger partial charge in [-0.2, -0.15) is 4.39 Å². The van der Waals surface area contributed by atoms with E-state index in [-0.39, 0.29) is 5.82 Å². The lowest BCUT2D eigenvalue weighted by atomic mass is 10.1. The van der Waals surface area contributed by atoms with Gasteiger partial charge in [0.15, 0.2) is 0 Å². The quantitative estimate of drug-likeness (QED) is 0.705. The smallest absolute Gasteiger partial charge is 0.216 e. The van der Waals surface area contributed by atoms with Crippen molar-refractivity contribution in [1.29, 1.82) is 0 Å². The number of benzene rings is 1. The molecule has 0 atom stereocenters. The average Bonchev–Trinajstić information content (AvgIpc) is 2.22. The minimum absolute atomic E-state index is 0.293. The second-order valence-corrected chi connectivity index (χ2v) is 3.10. The standard InChI is InChI=1S/C11H8F2N2/c12-9-3-1-8(2-4-9)7-11-14-6-5-10(13)15-11/h1-6H,7H2. The maximum Gasteiger partial charge on any atom is 0.216 e. The van der Waals surface area contributed by atoms with Crippen molar-refractivity contribution in [2.24, 2.45) is 0 Å². The molecule has 76 valence electrons. The van der Waals surface area contributed by atoms with Crippen molar-refractivity contribution in [3.05, 3.63) is 59.7 Å². The van der Waals surface area contributed by atoms with Crippen molar-refractivity contribution < 1.29 is 8.78 Å². The highest BCUT2D eigenvalue weighted by Crippen LogP contribution is 2.07. The largest absolute Gasteiger partial charge is 0.241 e. The van der Waals surface area contributed by atoms with E-state index in [1.54, 1.807) is 12.1 Å². The molecule has 0 spiro atoms. The lowest BCUT2D eigenvalue weighted by molar-refractivity contribution is 0.571. The number of aromatic nitrogens is 2. The van der Waals surface area contributed by atoms with Gasteiger partial charge in [0.05, 0.1) is 0 Å². The highest BCUT2D eigenvalue weighted by molar-refractivity contribution is 5.19. The van der Waals surface area contributed by atoms with E-state index in [0.29, 0.717) is 12.2 Å². The second kappa shape index (κ2) is 4.13. The number of rotatable bonds is 2. The van der Waals surface area contributed by atoms with Gasteiger partial charge in [0, 0.05) is 18.7 Å². The minimum Gasteiger partial charge on any atom is -0.241 e. The Morgan fingerprint density at radius 2 is 1.73 bits per heavy atom. The minimum atomic E-state index is -0.554. The van der Waals surface area contributed by atoms with Crippen LogP contribution in [0.25, 0.3) is 0 Å². The third kappa shape index (κ3) is 2.56. The van der Waals surface area contributed by atoms with Gasteiger partial charge in [0.25, 0.3) is 0 Å². The summed E-state index contributed by atoms with van der Waals surface area (Å²) in [7, 11) is 0. The van der Waals surface area contributed by atoms with Gasteiger partial charge in [-0.15, -0.1) is 0 Å². The van der Waals surface area contributed by atoms with Crippen molar-refractivity contribution in [1.82, 2.24) is 9.97 Å². The van der Waals surface area contributed by atoms with E-state index in [1.807, 2.05) is 0 Å². The molecule has 15 heavy (non-hydrogen) atoms. The first kappa shape index (κ1) is 9.71. The molecule has 0 aliphatic heterocycles. The van der Waals surface area contributed by atoms with Gasteiger partial charge < -0.3 is 0 Å². The summed E-state index contributed by atoms with van der Waals surface area (Å²) < 4.78 is 25.3. The first-order valence-electron chi connectivity index (χ1n) is 4.46. The summed E-state index contributed by atoms with van der Waals surface area (Å²) in [6.07, 6.45) is 1.76. The molecule has 0 aliphatic rings. The molecule has 0 amide bonds. The Morgan fingerprint density at radius 3 is 2.40 bits per heavy atom. The molecule has 0 N–H and O–H groups in total. The summed E-state index contributed by atoms with van der Waals surface area (Å²) in [4.78, 5) is 7.53. The molecule has 0 radical (unpaired) electrons. The van der Waals surface area contributed by atoms with Gasteiger partial charge >= 0.3 is 0 Å². The fraction of sp³-hybridized carbons (Fsp3) is 0.0909. The number of hydrogen-bond donors (Lipinski definition) is 0. The Hall–Kier alpha value is -1.84. The van der Waals surface area contributed by atoms with Crippen LogP contribution in [0.15, 0.2) is 36.5 Å². The molecule has 0 aliphatic carbocycles. The van der Waals surface area contributed by atoms with Gasteiger partial charge in [0.1, 0.15) is 11.6 Å². The van der Waals surface area contributed by atoms with Crippen molar-refractivity contribution in [3.63, 3.8) is 0 Å². The fourth-order valence-corrected chi connectivity index (χ4v) is 1.24. The maximum atomic E-state index is 12.7. The summed E-state index contributed by atoms with van der Waals surface area (Å²) in [5, 5.41) is 0. The van der Waals surface area contributed by atoms with Crippen LogP contribution < -0.4 is 0 Å². The molecule has 2 rings (SSSR count). The molecule has 4 heteroatoms. The molecular formula is C11H8F2N2. The number of halogens is 2. The van der Waals surface area contributed by atoms with Crippen LogP contribution in [0.2, 0.25) is 0 Å². The first-order chi connectivity index (χ1) is 7.24. The van der Waals surface area contributed by atoms with Gasteiger partial charge in [0.2, 0.25) is 5.95 Å². The Labute approximate surface area is 85.6 Å². The van der Waals surface area contributed by atoms with Gasteiger partial charge in [-0.25, -0.2) is 14.4 Å². The molecule has 0 unspecified atom stereocenters. The van der Waals surface area contributed by atoms with Crippen LogP contribution in [-0.2, 0) is 6.42 Å². The maximum absolute atomic E-state index is 12.7. The second-order valence-electron chi connectivity index (χ2n) is 3.10. The molecule has 0 saturated carbocycles. The third-order valence-corrected chi connectivity index (χ3v) is 1.95. The van der Waals surface area contributed by atoms with Crippen LogP contribution in [0.3, 0.4) is 0 Å². The van der Waals surface area contributed by atoms with Crippen LogP contribution in [-0.4, -0.2) is 9.97 Å². The fourth-order valence-electron chi connectivity index (χ4n) is 1.24. The van der Waals surface area contributed by atoms with Crippen LogP contribution in [0.4, 0.5) is 8.78 Å². The average molecular weight is 206 g/mol. The van der Waals surface area contributed by atoms with E-state index in [0.717, 1.165) is 5.56 Å². The van der Waals surface area contributed by atoms with Crippen LogP contribution in [0.5, 0.6) is 0 Å². The Morgan fingerprint density at radius 1 is 1.00 bits per heavy atom. The zero-order chi connectivity index (χ0) is 10.7. The molecule has 0 fully saturated rings. The van der Waals surface area contributed by atoms with E-state index in [1.165, 1.54) is 24.4 Å². The normalized spacial score (nSPS) is 10.3. The van der Waals surface area contributed by atoms with Crippen molar-refractivity contribution in [2.45, 2.75) is 6.42 Å². The Balaban J connectivity index is 2.18. The van der Waals surface area contributed by atoms with E-state index >= 15 is 0 Å². The highest BCUT2D eigenvalue weighted by atomic mass is 19.1. The lowest BCUT2D eigenvalue weighted by Crippen LogP contribution is -1.97. The lowest BCUT2D eigenvalue weighted by Gasteiger charge is -1.99. The molecular weight excluding hydrogens is 198 g/mol. The monoisotopic (exact) mass is 206 g/mol. The van der Waals surface area contributed by atoms with E-state index < -0.39 is 5.95 Å². The summed E-state index contributed by atoms with van der Waals surface area (Å²) in [6.45, 7) is 0. The highest BCUT2D eigenvalue weighted by Gasteiger charge is 2.00. The summed E-state index contributed by atoms with van der Waals surface area (Å²) >= 11 is 0. The third-order valence-electron chi connectivity index (χ3n) is 1.95. The van der Waals surface area contributed by atoms with E-state index in [9.17, 15) is 8.78 Å². The van der Waals surface area contributed by atoms with Gasteiger partial charge in [-0.05, 0) is 17.7 Å². The predicted molar refractivity (Wildman–Crippen MR) is 51.2 cm³/mol. The molecule has 1 heterocycles. The van der Waals surface area contributed by atoms with Crippen LogP contribution in [0.1, 0.15) is 11.4 Å². The summed E-state index contributed by atoms with van der Waals surface area (Å²) in [5.41, 5.74) is 0.849. The van der Waals surface area contributed by atoms with Crippen LogP contribution in [0, 0.1) is 11.8 Å². The molecule has 2 aromatic rings. The summed E-state index contributed by atoms with van der Waals surface area (Å²) in [6, 6.07) is 7.16. The van der Waals surface area contributed by atoms with E-state index in [2.05, 4.69) is 9.97 Å². The van der Waals surface area contributed by atoms with Crippen LogP contribution >= 0.6 is 0 Å².